The molecule has 30 heavy (non-hydrogen) atoms. The minimum Gasteiger partial charge on any atom is -0.456 e. The molecule has 0 fully saturated rings. The number of halogens is 2. The van der Waals surface area contributed by atoms with Crippen molar-refractivity contribution in [3.63, 3.8) is 0 Å². The second-order valence-electron chi connectivity index (χ2n) is 6.92. The van der Waals surface area contributed by atoms with Crippen molar-refractivity contribution in [2.24, 2.45) is 0 Å². The first-order chi connectivity index (χ1) is 14.5. The Hall–Kier alpha value is -3.29. The quantitative estimate of drug-likeness (QED) is 0.556. The van der Waals surface area contributed by atoms with Gasteiger partial charge in [0, 0.05) is 31.3 Å². The van der Waals surface area contributed by atoms with Crippen molar-refractivity contribution in [1.82, 2.24) is 5.32 Å². The summed E-state index contributed by atoms with van der Waals surface area (Å²) in [4.78, 5) is 37.8. The molecule has 2 aromatic rings. The summed E-state index contributed by atoms with van der Waals surface area (Å²) in [5.41, 5.74) is 1.67. The van der Waals surface area contributed by atoms with E-state index in [4.69, 9.17) is 4.74 Å². The molecule has 1 N–H and O–H groups in total. The first-order valence-corrected chi connectivity index (χ1v) is 9.73. The molecule has 0 atom stereocenters. The average molecular weight is 416 g/mol. The Morgan fingerprint density at radius 3 is 2.70 bits per heavy atom. The van der Waals surface area contributed by atoms with Gasteiger partial charge in [0.2, 0.25) is 0 Å². The topological polar surface area (TPSA) is 75.7 Å². The lowest BCUT2D eigenvalue weighted by Crippen LogP contribution is -2.38. The number of nitrogens with zero attached hydrogens (tertiary/aromatic N) is 1. The van der Waals surface area contributed by atoms with E-state index in [1.54, 1.807) is 4.90 Å². The number of anilines is 1. The third-order valence-corrected chi connectivity index (χ3v) is 4.79. The Balaban J connectivity index is 1.38. The molecule has 158 valence electrons. The van der Waals surface area contributed by atoms with Gasteiger partial charge in [-0.05, 0) is 43.0 Å². The summed E-state index contributed by atoms with van der Waals surface area (Å²) in [6.45, 7) is 0.345. The number of esters is 1. The van der Waals surface area contributed by atoms with Crippen LogP contribution in [0.25, 0.3) is 0 Å². The fourth-order valence-corrected chi connectivity index (χ4v) is 3.29. The number of carbonyl (C=O) groups excluding carboxylic acids is 3. The van der Waals surface area contributed by atoms with E-state index in [0.717, 1.165) is 36.2 Å². The van der Waals surface area contributed by atoms with E-state index in [-0.39, 0.29) is 37.5 Å². The molecule has 3 rings (SSSR count). The lowest BCUT2D eigenvalue weighted by molar-refractivity contribution is -0.147. The second kappa shape index (κ2) is 9.96. The molecule has 0 unspecified atom stereocenters. The maximum atomic E-state index is 13.5. The van der Waals surface area contributed by atoms with Crippen LogP contribution in [0, 0.1) is 11.6 Å². The first kappa shape index (κ1) is 21.4. The smallest absolute Gasteiger partial charge is 0.306 e. The number of rotatable bonds is 7. The molecule has 2 aromatic carbocycles. The Morgan fingerprint density at radius 1 is 1.10 bits per heavy atom. The number of fused-ring (bicyclic) bond motifs is 1. The monoisotopic (exact) mass is 416 g/mol. The van der Waals surface area contributed by atoms with E-state index < -0.39 is 23.5 Å². The fraction of sp³-hybridized carbons (Fsp3) is 0.318. The van der Waals surface area contributed by atoms with Gasteiger partial charge in [0.15, 0.2) is 6.61 Å². The third kappa shape index (κ3) is 5.40. The van der Waals surface area contributed by atoms with Gasteiger partial charge < -0.3 is 15.0 Å². The van der Waals surface area contributed by atoms with Crippen molar-refractivity contribution in [3.8, 4) is 0 Å². The van der Waals surface area contributed by atoms with E-state index in [1.807, 2.05) is 24.3 Å². The number of amides is 2. The molecule has 1 aliphatic heterocycles. The summed E-state index contributed by atoms with van der Waals surface area (Å²) in [6.07, 6.45) is 2.02. The normalized spacial score (nSPS) is 12.8. The number of hydrogen-bond donors (Lipinski definition) is 1. The highest BCUT2D eigenvalue weighted by Gasteiger charge is 2.23. The molecule has 0 aliphatic carbocycles. The Morgan fingerprint density at radius 2 is 1.90 bits per heavy atom. The second-order valence-corrected chi connectivity index (χ2v) is 6.92. The maximum absolute atomic E-state index is 13.5. The Bertz CT molecular complexity index is 948. The van der Waals surface area contributed by atoms with E-state index >= 15 is 0 Å². The largest absolute Gasteiger partial charge is 0.456 e. The van der Waals surface area contributed by atoms with Crippen LogP contribution in [0.15, 0.2) is 42.5 Å². The van der Waals surface area contributed by atoms with E-state index in [2.05, 4.69) is 5.32 Å². The maximum Gasteiger partial charge on any atom is 0.306 e. The van der Waals surface area contributed by atoms with E-state index in [0.29, 0.717) is 12.6 Å². The molecule has 0 saturated heterocycles. The SMILES string of the molecule is O=C(CCCNC(=O)c1ccc(F)cc1F)OCC(=O)N1CCCc2ccccc21. The molecule has 1 heterocycles. The van der Waals surface area contributed by atoms with Gasteiger partial charge in [0.1, 0.15) is 11.6 Å². The van der Waals surface area contributed by atoms with Crippen LogP contribution in [-0.4, -0.2) is 37.5 Å². The van der Waals surface area contributed by atoms with Crippen LogP contribution in [-0.2, 0) is 20.7 Å². The summed E-state index contributed by atoms with van der Waals surface area (Å²) in [5, 5.41) is 2.46. The first-order valence-electron chi connectivity index (χ1n) is 9.73. The summed E-state index contributed by atoms with van der Waals surface area (Å²) in [6, 6.07) is 10.3. The fourth-order valence-electron chi connectivity index (χ4n) is 3.29. The average Bonchev–Trinajstić information content (AvgIpc) is 2.74. The van der Waals surface area contributed by atoms with Gasteiger partial charge in [0.05, 0.1) is 5.56 Å². The number of carbonyl (C=O) groups is 3. The number of aryl methyl sites for hydroxylation is 1. The lowest BCUT2D eigenvalue weighted by Gasteiger charge is -2.29. The molecular weight excluding hydrogens is 394 g/mol. The number of ether oxygens (including phenoxy) is 1. The van der Waals surface area contributed by atoms with Crippen molar-refractivity contribution in [2.75, 3.05) is 24.6 Å². The van der Waals surface area contributed by atoms with Crippen LogP contribution in [0.2, 0.25) is 0 Å². The summed E-state index contributed by atoms with van der Waals surface area (Å²) >= 11 is 0. The molecule has 1 aliphatic rings. The summed E-state index contributed by atoms with van der Waals surface area (Å²) in [7, 11) is 0. The minimum atomic E-state index is -0.954. The van der Waals surface area contributed by atoms with Gasteiger partial charge in [-0.1, -0.05) is 18.2 Å². The molecule has 6 nitrogen and oxygen atoms in total. The van der Waals surface area contributed by atoms with Gasteiger partial charge in [-0.25, -0.2) is 8.78 Å². The highest BCUT2D eigenvalue weighted by atomic mass is 19.1. The van der Waals surface area contributed by atoms with Crippen molar-refractivity contribution >= 4 is 23.5 Å². The zero-order valence-electron chi connectivity index (χ0n) is 16.3. The molecule has 2 amide bonds. The standard InChI is InChI=1S/C22H22F2N2O4/c23-16-9-10-17(18(24)13-16)22(29)25-11-3-8-21(28)30-14-20(27)26-12-4-6-15-5-1-2-7-19(15)26/h1-2,5,7,9-10,13H,3-4,6,8,11-12,14H2,(H,25,29). The molecule has 0 saturated carbocycles. The van der Waals surface area contributed by atoms with Crippen LogP contribution in [0.4, 0.5) is 14.5 Å². The highest BCUT2D eigenvalue weighted by molar-refractivity contribution is 5.96. The van der Waals surface area contributed by atoms with Gasteiger partial charge >= 0.3 is 5.97 Å². The number of nitrogens with one attached hydrogen (secondary N) is 1. The minimum absolute atomic E-state index is 0.00392. The molecule has 0 radical (unpaired) electrons. The van der Waals surface area contributed by atoms with Crippen molar-refractivity contribution in [3.05, 3.63) is 65.2 Å². The number of hydrogen-bond acceptors (Lipinski definition) is 4. The zero-order valence-corrected chi connectivity index (χ0v) is 16.3. The van der Waals surface area contributed by atoms with Crippen molar-refractivity contribution in [2.45, 2.75) is 25.7 Å². The summed E-state index contributed by atoms with van der Waals surface area (Å²) in [5.74, 6) is -3.26. The molecule has 0 bridgehead atoms. The van der Waals surface area contributed by atoms with E-state index in [9.17, 15) is 23.2 Å². The number of benzene rings is 2. The third-order valence-electron chi connectivity index (χ3n) is 4.79. The van der Waals surface area contributed by atoms with Crippen LogP contribution in [0.3, 0.4) is 0 Å². The highest BCUT2D eigenvalue weighted by Crippen LogP contribution is 2.26. The lowest BCUT2D eigenvalue weighted by atomic mass is 10.0. The number of para-hydroxylation sites is 1. The predicted molar refractivity (Wildman–Crippen MR) is 106 cm³/mol. The van der Waals surface area contributed by atoms with Crippen LogP contribution < -0.4 is 10.2 Å². The molecule has 0 spiro atoms. The van der Waals surface area contributed by atoms with Crippen LogP contribution in [0.1, 0.15) is 35.2 Å². The zero-order chi connectivity index (χ0) is 21.5. The van der Waals surface area contributed by atoms with Crippen molar-refractivity contribution in [1.29, 1.82) is 0 Å². The van der Waals surface area contributed by atoms with Gasteiger partial charge in [0.25, 0.3) is 11.8 Å². The Labute approximate surface area is 172 Å². The van der Waals surface area contributed by atoms with Gasteiger partial charge in [-0.2, -0.15) is 0 Å². The predicted octanol–water partition coefficient (Wildman–Crippen LogP) is 3.00. The van der Waals surface area contributed by atoms with Gasteiger partial charge in [-0.15, -0.1) is 0 Å². The van der Waals surface area contributed by atoms with Gasteiger partial charge in [-0.3, -0.25) is 14.4 Å². The molecule has 8 heteroatoms. The van der Waals surface area contributed by atoms with Crippen molar-refractivity contribution < 1.29 is 27.9 Å². The molecular formula is C22H22F2N2O4. The Kier molecular flexibility index (Phi) is 7.11. The van der Waals surface area contributed by atoms with Crippen LogP contribution >= 0.6 is 0 Å². The molecule has 0 aromatic heterocycles. The van der Waals surface area contributed by atoms with Crippen LogP contribution in [0.5, 0.6) is 0 Å². The summed E-state index contributed by atoms with van der Waals surface area (Å²) < 4.78 is 31.5. The van der Waals surface area contributed by atoms with E-state index in [1.165, 1.54) is 0 Å².